The smallest absolute Gasteiger partial charge is 0.406 e. The molecule has 0 unspecified atom stereocenters. The zero-order chi connectivity index (χ0) is 17.8. The van der Waals surface area contributed by atoms with E-state index in [4.69, 9.17) is 0 Å². The van der Waals surface area contributed by atoms with Crippen molar-refractivity contribution >= 4 is 11.8 Å². The van der Waals surface area contributed by atoms with Crippen LogP contribution < -0.4 is 15.4 Å². The predicted octanol–water partition coefficient (Wildman–Crippen LogP) is 2.46. The molecule has 1 aromatic rings. The molecule has 23 heavy (non-hydrogen) atoms. The van der Waals surface area contributed by atoms with Gasteiger partial charge in [-0.3, -0.25) is 9.59 Å². The van der Waals surface area contributed by atoms with E-state index in [2.05, 4.69) is 15.4 Å². The maximum Gasteiger partial charge on any atom is 0.573 e. The molecule has 8 heteroatoms. The molecule has 0 aliphatic carbocycles. The van der Waals surface area contributed by atoms with Gasteiger partial charge in [0.25, 0.3) is 0 Å². The summed E-state index contributed by atoms with van der Waals surface area (Å²) in [5, 5.41) is 5.18. The van der Waals surface area contributed by atoms with Crippen LogP contribution in [-0.4, -0.2) is 24.2 Å². The normalized spacial score (nSPS) is 13.2. The molecule has 0 aliphatic rings. The average molecular weight is 332 g/mol. The fourth-order valence-electron chi connectivity index (χ4n) is 1.93. The third kappa shape index (κ3) is 6.17. The van der Waals surface area contributed by atoms with Gasteiger partial charge in [0.1, 0.15) is 11.8 Å². The summed E-state index contributed by atoms with van der Waals surface area (Å²) < 4.78 is 40.2. The molecule has 2 amide bonds. The maximum absolute atomic E-state index is 12.1. The van der Waals surface area contributed by atoms with E-state index in [1.54, 1.807) is 13.8 Å². The topological polar surface area (TPSA) is 67.4 Å². The Morgan fingerprint density at radius 2 is 1.65 bits per heavy atom. The summed E-state index contributed by atoms with van der Waals surface area (Å²) in [6, 6.07) is 4.50. The quantitative estimate of drug-likeness (QED) is 0.870. The molecule has 0 radical (unpaired) electrons. The van der Waals surface area contributed by atoms with E-state index in [9.17, 15) is 22.8 Å². The number of ether oxygens (including phenoxy) is 1. The first-order chi connectivity index (χ1) is 10.4. The summed E-state index contributed by atoms with van der Waals surface area (Å²) >= 11 is 0. The molecular formula is C15H19F3N2O3. The molecule has 0 heterocycles. The van der Waals surface area contributed by atoms with E-state index in [1.807, 2.05) is 0 Å². The van der Waals surface area contributed by atoms with Gasteiger partial charge < -0.3 is 15.4 Å². The molecule has 0 spiro atoms. The largest absolute Gasteiger partial charge is 0.573 e. The van der Waals surface area contributed by atoms with E-state index in [-0.39, 0.29) is 11.7 Å². The fraction of sp³-hybridized carbons (Fsp3) is 0.467. The number of benzene rings is 1. The molecule has 0 aliphatic heterocycles. The van der Waals surface area contributed by atoms with E-state index in [1.165, 1.54) is 38.1 Å². The predicted molar refractivity (Wildman–Crippen MR) is 77.6 cm³/mol. The monoisotopic (exact) mass is 332 g/mol. The van der Waals surface area contributed by atoms with Gasteiger partial charge >= 0.3 is 6.36 Å². The molecule has 0 fully saturated rings. The lowest BCUT2D eigenvalue weighted by molar-refractivity contribution is -0.274. The second-order valence-corrected chi connectivity index (χ2v) is 5.61. The second kappa shape index (κ2) is 6.89. The van der Waals surface area contributed by atoms with Gasteiger partial charge in [-0.15, -0.1) is 13.2 Å². The van der Waals surface area contributed by atoms with E-state index in [0.29, 0.717) is 5.56 Å². The first kappa shape index (κ1) is 18.8. The number of alkyl halides is 3. The van der Waals surface area contributed by atoms with Gasteiger partial charge in [0.2, 0.25) is 11.8 Å². The molecule has 5 nitrogen and oxygen atoms in total. The molecule has 0 saturated carbocycles. The number of rotatable bonds is 5. The van der Waals surface area contributed by atoms with Crippen molar-refractivity contribution in [2.24, 2.45) is 0 Å². The van der Waals surface area contributed by atoms with Crippen LogP contribution in [0.1, 0.15) is 33.3 Å². The van der Waals surface area contributed by atoms with Crippen LogP contribution in [0.3, 0.4) is 0 Å². The van der Waals surface area contributed by atoms with E-state index >= 15 is 0 Å². The standard InChI is InChI=1S/C15H19F3N2O3/c1-9(19-10(2)21)13(22)20-14(3,4)11-5-7-12(8-6-11)23-15(16,17)18/h5-9H,1-4H3,(H,19,21)(H,20,22)/t9-/m0/s1. The SMILES string of the molecule is CC(=O)N[C@@H](C)C(=O)NC(C)(C)c1ccc(OC(F)(F)F)cc1. The first-order valence-corrected chi connectivity index (χ1v) is 6.86. The van der Waals surface area contributed by atoms with Crippen LogP contribution >= 0.6 is 0 Å². The summed E-state index contributed by atoms with van der Waals surface area (Å²) in [6.07, 6.45) is -4.75. The Morgan fingerprint density at radius 3 is 2.09 bits per heavy atom. The summed E-state index contributed by atoms with van der Waals surface area (Å²) in [5.74, 6) is -1.07. The van der Waals surface area contributed by atoms with E-state index in [0.717, 1.165) is 0 Å². The molecule has 0 aromatic heterocycles. The van der Waals surface area contributed by atoms with Gasteiger partial charge in [-0.1, -0.05) is 12.1 Å². The van der Waals surface area contributed by atoms with E-state index < -0.39 is 23.9 Å². The van der Waals surface area contributed by atoms with Crippen molar-refractivity contribution in [3.05, 3.63) is 29.8 Å². The van der Waals surface area contributed by atoms with Crippen molar-refractivity contribution in [1.82, 2.24) is 10.6 Å². The lowest BCUT2D eigenvalue weighted by Gasteiger charge is -2.29. The Morgan fingerprint density at radius 1 is 1.13 bits per heavy atom. The van der Waals surface area contributed by atoms with Crippen LogP contribution in [0, 0.1) is 0 Å². The zero-order valence-electron chi connectivity index (χ0n) is 13.2. The molecular weight excluding hydrogens is 313 g/mol. The Bertz CT molecular complexity index is 568. The molecule has 1 aromatic carbocycles. The Kier molecular flexibility index (Phi) is 5.63. The highest BCUT2D eigenvalue weighted by atomic mass is 19.4. The molecule has 1 atom stereocenters. The summed E-state index contributed by atoms with van der Waals surface area (Å²) in [5.41, 5.74) is -0.240. The van der Waals surface area contributed by atoms with Crippen molar-refractivity contribution in [2.75, 3.05) is 0 Å². The van der Waals surface area contributed by atoms with Crippen molar-refractivity contribution in [3.8, 4) is 5.75 Å². The average Bonchev–Trinajstić information content (AvgIpc) is 2.36. The van der Waals surface area contributed by atoms with Gasteiger partial charge in [-0.2, -0.15) is 0 Å². The number of carbonyl (C=O) groups is 2. The van der Waals surface area contributed by atoms with Gasteiger partial charge in [-0.25, -0.2) is 0 Å². The molecule has 2 N–H and O–H groups in total. The number of halogens is 3. The summed E-state index contributed by atoms with van der Waals surface area (Å²) in [7, 11) is 0. The molecule has 0 saturated heterocycles. The Labute approximate surface area is 132 Å². The van der Waals surface area contributed by atoms with Gasteiger partial charge in [0.05, 0.1) is 5.54 Å². The second-order valence-electron chi connectivity index (χ2n) is 5.61. The summed E-state index contributed by atoms with van der Waals surface area (Å²) in [4.78, 5) is 23.0. The van der Waals surface area contributed by atoms with Crippen LogP contribution in [0.15, 0.2) is 24.3 Å². The third-order valence-corrected chi connectivity index (χ3v) is 3.06. The van der Waals surface area contributed by atoms with Crippen LogP contribution in [0.4, 0.5) is 13.2 Å². The van der Waals surface area contributed by atoms with Gasteiger partial charge in [0, 0.05) is 6.92 Å². The minimum absolute atomic E-state index is 0.334. The van der Waals surface area contributed by atoms with Crippen LogP contribution in [0.5, 0.6) is 5.75 Å². The Hall–Kier alpha value is -2.25. The first-order valence-electron chi connectivity index (χ1n) is 6.86. The summed E-state index contributed by atoms with van der Waals surface area (Å²) in [6.45, 7) is 6.23. The van der Waals surface area contributed by atoms with Crippen molar-refractivity contribution < 1.29 is 27.5 Å². The molecule has 0 bridgehead atoms. The number of nitrogens with one attached hydrogen (secondary N) is 2. The minimum Gasteiger partial charge on any atom is -0.406 e. The third-order valence-electron chi connectivity index (χ3n) is 3.06. The molecule has 128 valence electrons. The Balaban J connectivity index is 2.79. The number of carbonyl (C=O) groups excluding carboxylic acids is 2. The van der Waals surface area contributed by atoms with Gasteiger partial charge in [0.15, 0.2) is 0 Å². The van der Waals surface area contributed by atoms with Gasteiger partial charge in [-0.05, 0) is 38.5 Å². The lowest BCUT2D eigenvalue weighted by Crippen LogP contribution is -2.50. The van der Waals surface area contributed by atoms with Crippen molar-refractivity contribution in [2.45, 2.75) is 45.6 Å². The fourth-order valence-corrected chi connectivity index (χ4v) is 1.93. The number of hydrogen-bond acceptors (Lipinski definition) is 3. The maximum atomic E-state index is 12.1. The highest BCUT2D eigenvalue weighted by Gasteiger charge is 2.31. The highest BCUT2D eigenvalue weighted by Crippen LogP contribution is 2.26. The number of hydrogen-bond donors (Lipinski definition) is 2. The van der Waals surface area contributed by atoms with Crippen molar-refractivity contribution in [1.29, 1.82) is 0 Å². The van der Waals surface area contributed by atoms with Crippen molar-refractivity contribution in [3.63, 3.8) is 0 Å². The van der Waals surface area contributed by atoms with Crippen LogP contribution in [0.25, 0.3) is 0 Å². The molecule has 1 rings (SSSR count). The lowest BCUT2D eigenvalue weighted by atomic mass is 9.94. The van der Waals surface area contributed by atoms with Crippen LogP contribution in [-0.2, 0) is 15.1 Å². The zero-order valence-corrected chi connectivity index (χ0v) is 13.2. The minimum atomic E-state index is -4.75. The number of amides is 2. The van der Waals surface area contributed by atoms with Crippen LogP contribution in [0.2, 0.25) is 0 Å². The highest BCUT2D eigenvalue weighted by molar-refractivity contribution is 5.86.